The first kappa shape index (κ1) is 15.0. The summed E-state index contributed by atoms with van der Waals surface area (Å²) in [5.74, 6) is 1.18. The zero-order chi connectivity index (χ0) is 14.5. The van der Waals surface area contributed by atoms with Crippen LogP contribution >= 0.6 is 0 Å². The summed E-state index contributed by atoms with van der Waals surface area (Å²) in [5.41, 5.74) is 2.34. The van der Waals surface area contributed by atoms with Gasteiger partial charge in [-0.2, -0.15) is 0 Å². The van der Waals surface area contributed by atoms with Crippen LogP contribution in [0.1, 0.15) is 19.7 Å². The lowest BCUT2D eigenvalue weighted by Gasteiger charge is -2.21. The Morgan fingerprint density at radius 2 is 2.00 bits per heavy atom. The molecule has 4 nitrogen and oxygen atoms in total. The minimum absolute atomic E-state index is 0.442. The number of aryl methyl sites for hydroxylation is 1. The van der Waals surface area contributed by atoms with Crippen LogP contribution in [0.3, 0.4) is 0 Å². The van der Waals surface area contributed by atoms with Crippen molar-refractivity contribution in [3.8, 4) is 0 Å². The second-order valence-corrected chi connectivity index (χ2v) is 5.48. The summed E-state index contributed by atoms with van der Waals surface area (Å²) >= 11 is 0. The first-order chi connectivity index (χ1) is 9.65. The molecule has 1 aromatic heterocycles. The molecular formula is C16H26N4. The highest BCUT2D eigenvalue weighted by Crippen LogP contribution is 2.17. The third-order valence-electron chi connectivity index (χ3n) is 3.56. The van der Waals surface area contributed by atoms with E-state index in [1.807, 2.05) is 0 Å². The fourth-order valence-corrected chi connectivity index (χ4v) is 2.79. The first-order valence-electron chi connectivity index (χ1n) is 7.48. The van der Waals surface area contributed by atoms with Gasteiger partial charge in [-0.1, -0.05) is 19.1 Å². The third-order valence-corrected chi connectivity index (χ3v) is 3.56. The summed E-state index contributed by atoms with van der Waals surface area (Å²) in [7, 11) is 4.24. The van der Waals surface area contributed by atoms with Gasteiger partial charge in [-0.3, -0.25) is 0 Å². The minimum Gasteiger partial charge on any atom is -0.328 e. The van der Waals surface area contributed by atoms with E-state index < -0.39 is 0 Å². The Kier molecular flexibility index (Phi) is 5.15. The smallest absolute Gasteiger partial charge is 0.111 e. The van der Waals surface area contributed by atoms with E-state index in [0.717, 1.165) is 31.6 Å². The van der Waals surface area contributed by atoms with Gasteiger partial charge >= 0.3 is 0 Å². The molecule has 0 amide bonds. The Balaban J connectivity index is 2.26. The molecule has 0 spiro atoms. The van der Waals surface area contributed by atoms with Crippen molar-refractivity contribution < 1.29 is 0 Å². The van der Waals surface area contributed by atoms with Crippen LogP contribution in [-0.4, -0.2) is 47.7 Å². The lowest BCUT2D eigenvalue weighted by atomic mass is 10.2. The molecule has 0 saturated carbocycles. The maximum Gasteiger partial charge on any atom is 0.111 e. The van der Waals surface area contributed by atoms with Gasteiger partial charge in [0, 0.05) is 25.6 Å². The van der Waals surface area contributed by atoms with Crippen LogP contribution in [0.25, 0.3) is 11.0 Å². The highest BCUT2D eigenvalue weighted by atomic mass is 15.1. The summed E-state index contributed by atoms with van der Waals surface area (Å²) in [6, 6.07) is 8.84. The number of nitrogens with one attached hydrogen (secondary N) is 1. The van der Waals surface area contributed by atoms with Gasteiger partial charge in [-0.05, 0) is 39.7 Å². The van der Waals surface area contributed by atoms with Crippen LogP contribution in [0.5, 0.6) is 0 Å². The fraction of sp³-hybridized carbons (Fsp3) is 0.562. The number of benzene rings is 1. The SMILES string of the molecule is CCNC(Cc1nc2ccccc2n1CC)CN(C)C. The van der Waals surface area contributed by atoms with E-state index in [-0.39, 0.29) is 0 Å². The number of imidazole rings is 1. The highest BCUT2D eigenvalue weighted by Gasteiger charge is 2.15. The molecule has 0 bridgehead atoms. The first-order valence-corrected chi connectivity index (χ1v) is 7.48. The van der Waals surface area contributed by atoms with Crippen molar-refractivity contribution in [3.05, 3.63) is 30.1 Å². The van der Waals surface area contributed by atoms with Crippen LogP contribution < -0.4 is 5.32 Å². The van der Waals surface area contributed by atoms with E-state index in [4.69, 9.17) is 4.98 Å². The Morgan fingerprint density at radius 1 is 1.25 bits per heavy atom. The number of rotatable bonds is 7. The monoisotopic (exact) mass is 274 g/mol. The molecule has 110 valence electrons. The number of nitrogens with zero attached hydrogens (tertiary/aromatic N) is 3. The predicted octanol–water partition coefficient (Wildman–Crippen LogP) is 2.14. The molecule has 1 heterocycles. The molecule has 0 aliphatic heterocycles. The van der Waals surface area contributed by atoms with Gasteiger partial charge in [0.2, 0.25) is 0 Å². The van der Waals surface area contributed by atoms with Gasteiger partial charge in [0.1, 0.15) is 5.82 Å². The standard InChI is InChI=1S/C16H26N4/c1-5-17-13(12-19(3)4)11-16-18-14-9-7-8-10-15(14)20(16)6-2/h7-10,13,17H,5-6,11-12H2,1-4H3. The van der Waals surface area contributed by atoms with Crippen LogP contribution in [0, 0.1) is 0 Å². The summed E-state index contributed by atoms with van der Waals surface area (Å²) in [6.45, 7) is 7.33. The van der Waals surface area contributed by atoms with Crippen molar-refractivity contribution >= 4 is 11.0 Å². The molecule has 0 aliphatic carbocycles. The second kappa shape index (κ2) is 6.86. The molecule has 1 unspecified atom stereocenters. The number of aromatic nitrogens is 2. The zero-order valence-corrected chi connectivity index (χ0v) is 13.1. The molecule has 0 saturated heterocycles. The Bertz CT molecular complexity index is 544. The Hall–Kier alpha value is -1.39. The topological polar surface area (TPSA) is 33.1 Å². The molecule has 20 heavy (non-hydrogen) atoms. The molecule has 0 fully saturated rings. The Labute approximate surface area is 121 Å². The lowest BCUT2D eigenvalue weighted by molar-refractivity contribution is 0.335. The molecule has 1 atom stereocenters. The van der Waals surface area contributed by atoms with Gasteiger partial charge in [-0.25, -0.2) is 4.98 Å². The zero-order valence-electron chi connectivity index (χ0n) is 13.1. The number of likely N-dealkylation sites (N-methyl/N-ethyl adjacent to an activating group) is 2. The fourth-order valence-electron chi connectivity index (χ4n) is 2.79. The Morgan fingerprint density at radius 3 is 2.65 bits per heavy atom. The third kappa shape index (κ3) is 3.38. The van der Waals surface area contributed by atoms with Crippen molar-refractivity contribution in [2.75, 3.05) is 27.2 Å². The largest absolute Gasteiger partial charge is 0.328 e. The van der Waals surface area contributed by atoms with Gasteiger partial charge in [0.25, 0.3) is 0 Å². The van der Waals surface area contributed by atoms with E-state index >= 15 is 0 Å². The van der Waals surface area contributed by atoms with Crippen LogP contribution in [0.2, 0.25) is 0 Å². The van der Waals surface area contributed by atoms with Crippen LogP contribution in [0.15, 0.2) is 24.3 Å². The predicted molar refractivity (Wildman–Crippen MR) is 85.1 cm³/mol. The van der Waals surface area contributed by atoms with Gasteiger partial charge < -0.3 is 14.8 Å². The van der Waals surface area contributed by atoms with E-state index in [9.17, 15) is 0 Å². The lowest BCUT2D eigenvalue weighted by Crippen LogP contribution is -2.40. The number of hydrogen-bond acceptors (Lipinski definition) is 3. The molecule has 0 radical (unpaired) electrons. The number of hydrogen-bond donors (Lipinski definition) is 1. The van der Waals surface area contributed by atoms with Crippen molar-refractivity contribution in [2.24, 2.45) is 0 Å². The van der Waals surface area contributed by atoms with Gasteiger partial charge in [0.05, 0.1) is 11.0 Å². The quantitative estimate of drug-likeness (QED) is 0.840. The molecule has 2 aromatic rings. The van der Waals surface area contributed by atoms with Crippen molar-refractivity contribution in [1.29, 1.82) is 0 Å². The van der Waals surface area contributed by atoms with E-state index in [1.54, 1.807) is 0 Å². The van der Waals surface area contributed by atoms with Crippen LogP contribution in [0.4, 0.5) is 0 Å². The maximum absolute atomic E-state index is 4.82. The molecular weight excluding hydrogens is 248 g/mol. The second-order valence-electron chi connectivity index (χ2n) is 5.48. The highest BCUT2D eigenvalue weighted by molar-refractivity contribution is 5.75. The average Bonchev–Trinajstić information content (AvgIpc) is 2.75. The van der Waals surface area contributed by atoms with Crippen molar-refractivity contribution in [1.82, 2.24) is 19.8 Å². The maximum atomic E-state index is 4.82. The molecule has 1 N–H and O–H groups in total. The van der Waals surface area contributed by atoms with E-state index in [0.29, 0.717) is 6.04 Å². The van der Waals surface area contributed by atoms with Crippen molar-refractivity contribution in [3.63, 3.8) is 0 Å². The van der Waals surface area contributed by atoms with Crippen molar-refractivity contribution in [2.45, 2.75) is 32.9 Å². The van der Waals surface area contributed by atoms with Gasteiger partial charge in [0.15, 0.2) is 0 Å². The normalized spacial score (nSPS) is 13.2. The van der Waals surface area contributed by atoms with Crippen LogP contribution in [-0.2, 0) is 13.0 Å². The minimum atomic E-state index is 0.442. The van der Waals surface area contributed by atoms with Gasteiger partial charge in [-0.15, -0.1) is 0 Å². The summed E-state index contributed by atoms with van der Waals surface area (Å²) < 4.78 is 2.33. The molecule has 1 aromatic carbocycles. The van der Waals surface area contributed by atoms with E-state index in [2.05, 4.69) is 67.0 Å². The number of para-hydroxylation sites is 2. The van der Waals surface area contributed by atoms with E-state index in [1.165, 1.54) is 11.3 Å². The molecule has 0 aliphatic rings. The number of fused-ring (bicyclic) bond motifs is 1. The summed E-state index contributed by atoms with van der Waals surface area (Å²) in [5, 5.41) is 3.56. The molecule has 4 heteroatoms. The summed E-state index contributed by atoms with van der Waals surface area (Å²) in [6.07, 6.45) is 0.967. The average molecular weight is 274 g/mol. The summed E-state index contributed by atoms with van der Waals surface area (Å²) in [4.78, 5) is 7.05. The molecule has 2 rings (SSSR count).